The number of benzene rings is 2. The Morgan fingerprint density at radius 1 is 1.20 bits per heavy atom. The van der Waals surface area contributed by atoms with E-state index in [9.17, 15) is 19.4 Å². The SMILES string of the molecule is N#Cc1ccc(NC(=O)NC2CN(c3cc(F)c(C4CCC(O)NC4O)c4c3OCC4)C2)c(F)c1. The highest BCUT2D eigenvalue weighted by molar-refractivity contribution is 5.90. The largest absolute Gasteiger partial charge is 0.491 e. The summed E-state index contributed by atoms with van der Waals surface area (Å²) in [5, 5.41) is 36.8. The first-order valence-corrected chi connectivity index (χ1v) is 11.5. The average molecular weight is 485 g/mol. The first-order chi connectivity index (χ1) is 16.8. The van der Waals surface area contributed by atoms with E-state index in [2.05, 4.69) is 16.0 Å². The molecule has 2 fully saturated rings. The second kappa shape index (κ2) is 9.30. The van der Waals surface area contributed by atoms with Crippen molar-refractivity contribution in [1.82, 2.24) is 10.6 Å². The Hall–Kier alpha value is -3.46. The van der Waals surface area contributed by atoms with E-state index in [-0.39, 0.29) is 17.3 Å². The summed E-state index contributed by atoms with van der Waals surface area (Å²) < 4.78 is 35.1. The Bertz CT molecular complexity index is 1200. The number of carbonyl (C=O) groups excluding carboxylic acids is 1. The number of urea groups is 1. The van der Waals surface area contributed by atoms with Crippen LogP contribution in [0.1, 0.15) is 35.4 Å². The van der Waals surface area contributed by atoms with Crippen LogP contribution in [0.4, 0.5) is 25.0 Å². The molecule has 184 valence electrons. The van der Waals surface area contributed by atoms with E-state index in [1.54, 1.807) is 0 Å². The van der Waals surface area contributed by atoms with Gasteiger partial charge in [0.25, 0.3) is 0 Å². The number of fused-ring (bicyclic) bond motifs is 1. The molecule has 0 spiro atoms. The van der Waals surface area contributed by atoms with Gasteiger partial charge >= 0.3 is 6.03 Å². The van der Waals surface area contributed by atoms with Crippen LogP contribution >= 0.6 is 0 Å². The molecule has 0 bridgehead atoms. The van der Waals surface area contributed by atoms with Crippen LogP contribution in [0.3, 0.4) is 0 Å². The van der Waals surface area contributed by atoms with Crippen LogP contribution in [-0.2, 0) is 6.42 Å². The molecule has 3 aliphatic rings. The molecule has 2 amide bonds. The van der Waals surface area contributed by atoms with Crippen molar-refractivity contribution in [2.75, 3.05) is 29.9 Å². The lowest BCUT2D eigenvalue weighted by atomic mass is 9.84. The van der Waals surface area contributed by atoms with Gasteiger partial charge < -0.3 is 30.5 Å². The molecule has 3 aliphatic heterocycles. The molecule has 0 saturated carbocycles. The predicted molar refractivity (Wildman–Crippen MR) is 122 cm³/mol. The van der Waals surface area contributed by atoms with Crippen LogP contribution in [0.2, 0.25) is 0 Å². The lowest BCUT2D eigenvalue weighted by Crippen LogP contribution is -2.60. The Morgan fingerprint density at radius 3 is 2.71 bits per heavy atom. The van der Waals surface area contributed by atoms with Gasteiger partial charge in [-0.15, -0.1) is 0 Å². The van der Waals surface area contributed by atoms with Crippen LogP contribution in [-0.4, -0.2) is 54.4 Å². The van der Waals surface area contributed by atoms with Gasteiger partial charge in [0, 0.05) is 42.6 Å². The van der Waals surface area contributed by atoms with Crippen molar-refractivity contribution < 1.29 is 28.5 Å². The number of anilines is 2. The number of hydrogen-bond acceptors (Lipinski definition) is 7. The minimum absolute atomic E-state index is 0.0338. The maximum absolute atomic E-state index is 15.3. The van der Waals surface area contributed by atoms with Crippen molar-refractivity contribution in [2.24, 2.45) is 0 Å². The van der Waals surface area contributed by atoms with Crippen LogP contribution in [0.15, 0.2) is 24.3 Å². The standard InChI is InChI=1S/C24H25F2N5O4/c25-16-7-12(9-27)1-3-18(16)29-24(34)28-13-10-31(11-13)19-8-17(26)21(14-5-6-35-22(14)19)15-2-4-20(32)30-23(15)33/h1,3,7-8,13,15,20,23,30,32-33H,2,4-6,10-11H2,(H2,28,29,34). The number of nitriles is 1. The van der Waals surface area contributed by atoms with Gasteiger partial charge in [-0.1, -0.05) is 0 Å². The Labute approximate surface area is 200 Å². The molecule has 5 rings (SSSR count). The first-order valence-electron chi connectivity index (χ1n) is 11.5. The number of halogens is 2. The number of hydrogen-bond donors (Lipinski definition) is 5. The van der Waals surface area contributed by atoms with Gasteiger partial charge in [0.1, 0.15) is 29.8 Å². The van der Waals surface area contributed by atoms with Gasteiger partial charge in [-0.2, -0.15) is 5.26 Å². The van der Waals surface area contributed by atoms with Crippen molar-refractivity contribution in [3.8, 4) is 11.8 Å². The summed E-state index contributed by atoms with van der Waals surface area (Å²) in [6.07, 6.45) is -0.491. The monoisotopic (exact) mass is 485 g/mol. The van der Waals surface area contributed by atoms with Crippen molar-refractivity contribution in [3.63, 3.8) is 0 Å². The fourth-order valence-corrected chi connectivity index (χ4v) is 4.98. The van der Waals surface area contributed by atoms with Gasteiger partial charge in [-0.05, 0) is 31.0 Å². The predicted octanol–water partition coefficient (Wildman–Crippen LogP) is 1.89. The summed E-state index contributed by atoms with van der Waals surface area (Å²) in [6.45, 7) is 1.24. The number of carbonyl (C=O) groups is 1. The molecule has 0 radical (unpaired) electrons. The highest BCUT2D eigenvalue weighted by Crippen LogP contribution is 2.45. The minimum atomic E-state index is -1.05. The van der Waals surface area contributed by atoms with E-state index >= 15 is 4.39 Å². The number of rotatable bonds is 4. The molecular weight excluding hydrogens is 460 g/mol. The summed E-state index contributed by atoms with van der Waals surface area (Å²) in [5.74, 6) is -1.04. The zero-order valence-electron chi connectivity index (χ0n) is 18.7. The highest BCUT2D eigenvalue weighted by Gasteiger charge is 2.38. The molecule has 2 aromatic carbocycles. The van der Waals surface area contributed by atoms with E-state index < -0.39 is 36.0 Å². The number of ether oxygens (including phenoxy) is 1. The molecule has 9 nitrogen and oxygen atoms in total. The third-order valence-corrected chi connectivity index (χ3v) is 6.72. The van der Waals surface area contributed by atoms with Gasteiger partial charge in [0.2, 0.25) is 0 Å². The number of piperidine rings is 1. The molecule has 0 aromatic heterocycles. The lowest BCUT2D eigenvalue weighted by molar-refractivity contribution is -0.0109. The molecule has 35 heavy (non-hydrogen) atoms. The third-order valence-electron chi connectivity index (χ3n) is 6.72. The minimum Gasteiger partial charge on any atom is -0.491 e. The second-order valence-corrected chi connectivity index (χ2v) is 9.02. The first kappa shape index (κ1) is 23.3. The number of aliphatic hydroxyl groups excluding tert-OH is 2. The van der Waals surface area contributed by atoms with Gasteiger partial charge in [-0.3, -0.25) is 5.32 Å². The Kier molecular flexibility index (Phi) is 6.19. The number of nitrogens with zero attached hydrogens (tertiary/aromatic N) is 2. The summed E-state index contributed by atoms with van der Waals surface area (Å²) >= 11 is 0. The molecule has 0 aliphatic carbocycles. The quantitative estimate of drug-likeness (QED) is 0.447. The summed E-state index contributed by atoms with van der Waals surface area (Å²) in [7, 11) is 0. The van der Waals surface area contributed by atoms with Gasteiger partial charge in [0.05, 0.1) is 35.7 Å². The average Bonchev–Trinajstić information content (AvgIpc) is 3.27. The smallest absolute Gasteiger partial charge is 0.319 e. The number of nitrogens with one attached hydrogen (secondary N) is 3. The van der Waals surface area contributed by atoms with Crippen molar-refractivity contribution in [3.05, 3.63) is 52.6 Å². The van der Waals surface area contributed by atoms with Crippen molar-refractivity contribution in [1.29, 1.82) is 5.26 Å². The Morgan fingerprint density at radius 2 is 2.00 bits per heavy atom. The van der Waals surface area contributed by atoms with Crippen LogP contribution in [0.25, 0.3) is 0 Å². The molecule has 3 heterocycles. The zero-order valence-corrected chi connectivity index (χ0v) is 18.7. The van der Waals surface area contributed by atoms with Crippen molar-refractivity contribution in [2.45, 2.75) is 43.7 Å². The lowest BCUT2D eigenvalue weighted by Gasteiger charge is -2.42. The van der Waals surface area contributed by atoms with E-state index in [1.165, 1.54) is 18.2 Å². The molecular formula is C24H25F2N5O4. The van der Waals surface area contributed by atoms with E-state index in [1.807, 2.05) is 11.0 Å². The fraction of sp³-hybridized carbons (Fsp3) is 0.417. The molecule has 5 N–H and O–H groups in total. The number of aliphatic hydroxyl groups is 2. The fourth-order valence-electron chi connectivity index (χ4n) is 4.98. The Balaban J connectivity index is 1.25. The molecule has 3 atom stereocenters. The number of amides is 2. The summed E-state index contributed by atoms with van der Waals surface area (Å²) in [6, 6.07) is 6.20. The highest BCUT2D eigenvalue weighted by atomic mass is 19.1. The topological polar surface area (TPSA) is 130 Å². The molecule has 2 aromatic rings. The van der Waals surface area contributed by atoms with Gasteiger partial charge in [0.15, 0.2) is 0 Å². The van der Waals surface area contributed by atoms with Crippen LogP contribution in [0.5, 0.6) is 5.75 Å². The van der Waals surface area contributed by atoms with E-state index in [0.29, 0.717) is 56.0 Å². The van der Waals surface area contributed by atoms with Crippen LogP contribution < -0.4 is 25.6 Å². The molecule has 2 saturated heterocycles. The normalized spacial score (nSPS) is 23.6. The van der Waals surface area contributed by atoms with Gasteiger partial charge in [-0.25, -0.2) is 13.6 Å². The zero-order chi connectivity index (χ0) is 24.7. The van der Waals surface area contributed by atoms with E-state index in [4.69, 9.17) is 10.00 Å². The van der Waals surface area contributed by atoms with Crippen molar-refractivity contribution >= 4 is 17.4 Å². The maximum atomic E-state index is 15.3. The summed E-state index contributed by atoms with van der Waals surface area (Å²) in [5.41, 5.74) is 1.87. The van der Waals surface area contributed by atoms with Crippen LogP contribution in [0, 0.1) is 23.0 Å². The molecule has 3 unspecified atom stereocenters. The van der Waals surface area contributed by atoms with E-state index in [0.717, 1.165) is 11.6 Å². The third kappa shape index (κ3) is 4.48. The summed E-state index contributed by atoms with van der Waals surface area (Å²) in [4.78, 5) is 14.2. The maximum Gasteiger partial charge on any atom is 0.319 e. The molecule has 11 heteroatoms. The second-order valence-electron chi connectivity index (χ2n) is 9.02.